The smallest absolute Gasteiger partial charge is 0.140 e. The molecule has 0 aromatic heterocycles. The maximum atomic E-state index is 13.2. The third-order valence-corrected chi connectivity index (χ3v) is 2.91. The fourth-order valence-corrected chi connectivity index (χ4v) is 1.83. The molecule has 0 spiro atoms. The second-order valence-electron chi connectivity index (χ2n) is 4.40. The van der Waals surface area contributed by atoms with Crippen molar-refractivity contribution in [2.75, 3.05) is 6.54 Å². The second-order valence-corrected chi connectivity index (χ2v) is 4.40. The van der Waals surface area contributed by atoms with Crippen LogP contribution in [0.15, 0.2) is 42.5 Å². The van der Waals surface area contributed by atoms with Crippen LogP contribution >= 0.6 is 0 Å². The lowest BCUT2D eigenvalue weighted by Crippen LogP contribution is -2.02. The van der Waals surface area contributed by atoms with Crippen molar-refractivity contribution >= 4 is 0 Å². The van der Waals surface area contributed by atoms with Crippen molar-refractivity contribution in [1.82, 2.24) is 0 Å². The highest BCUT2D eigenvalue weighted by Gasteiger charge is 2.03. The van der Waals surface area contributed by atoms with Gasteiger partial charge in [-0.25, -0.2) is 4.39 Å². The first-order chi connectivity index (χ1) is 9.72. The molecule has 0 fully saturated rings. The van der Waals surface area contributed by atoms with Crippen molar-refractivity contribution in [1.29, 1.82) is 5.26 Å². The Balaban J connectivity index is 2.00. The van der Waals surface area contributed by atoms with Crippen molar-refractivity contribution in [2.45, 2.75) is 13.0 Å². The molecule has 2 aromatic carbocycles. The standard InChI is InChI=1S/C16H15FN2O/c17-16-6-3-13(9-14(16)10-19)11-20-15-4-1-12(2-5-15)7-8-18/h1-6,9H,7-8,11,18H2. The van der Waals surface area contributed by atoms with Gasteiger partial charge in [-0.15, -0.1) is 0 Å². The summed E-state index contributed by atoms with van der Waals surface area (Å²) in [6, 6.07) is 13.9. The Labute approximate surface area is 117 Å². The van der Waals surface area contributed by atoms with Crippen molar-refractivity contribution in [3.8, 4) is 11.8 Å². The molecule has 0 saturated carbocycles. The van der Waals surface area contributed by atoms with E-state index in [0.29, 0.717) is 13.2 Å². The molecule has 20 heavy (non-hydrogen) atoms. The zero-order valence-electron chi connectivity index (χ0n) is 11.0. The Morgan fingerprint density at radius 2 is 1.80 bits per heavy atom. The number of nitriles is 1. The number of halogens is 1. The quantitative estimate of drug-likeness (QED) is 0.908. The van der Waals surface area contributed by atoms with Gasteiger partial charge in [0, 0.05) is 0 Å². The van der Waals surface area contributed by atoms with E-state index >= 15 is 0 Å². The average molecular weight is 270 g/mol. The van der Waals surface area contributed by atoms with E-state index in [4.69, 9.17) is 15.7 Å². The minimum absolute atomic E-state index is 0.0318. The van der Waals surface area contributed by atoms with Crippen LogP contribution in [-0.2, 0) is 13.0 Å². The third kappa shape index (κ3) is 3.56. The van der Waals surface area contributed by atoms with Crippen molar-refractivity contribution in [2.24, 2.45) is 5.73 Å². The molecule has 0 aliphatic heterocycles. The van der Waals surface area contributed by atoms with Crippen LogP contribution in [0.4, 0.5) is 4.39 Å². The van der Waals surface area contributed by atoms with Gasteiger partial charge in [0.15, 0.2) is 0 Å². The highest BCUT2D eigenvalue weighted by molar-refractivity contribution is 5.34. The monoisotopic (exact) mass is 270 g/mol. The topological polar surface area (TPSA) is 59.0 Å². The molecule has 0 radical (unpaired) electrons. The van der Waals surface area contributed by atoms with Gasteiger partial charge in [-0.1, -0.05) is 18.2 Å². The van der Waals surface area contributed by atoms with Gasteiger partial charge in [0.05, 0.1) is 5.56 Å². The average Bonchev–Trinajstić information content (AvgIpc) is 2.48. The third-order valence-electron chi connectivity index (χ3n) is 2.91. The van der Waals surface area contributed by atoms with Crippen LogP contribution in [0.5, 0.6) is 5.75 Å². The summed E-state index contributed by atoms with van der Waals surface area (Å²) in [6.07, 6.45) is 0.837. The molecule has 0 aliphatic carbocycles. The van der Waals surface area contributed by atoms with E-state index in [1.807, 2.05) is 30.3 Å². The molecular formula is C16H15FN2O. The summed E-state index contributed by atoms with van der Waals surface area (Å²) >= 11 is 0. The summed E-state index contributed by atoms with van der Waals surface area (Å²) < 4.78 is 18.8. The van der Waals surface area contributed by atoms with Crippen LogP contribution in [0.1, 0.15) is 16.7 Å². The van der Waals surface area contributed by atoms with E-state index < -0.39 is 5.82 Å². The van der Waals surface area contributed by atoms with Crippen LogP contribution in [0.25, 0.3) is 0 Å². The lowest BCUT2D eigenvalue weighted by molar-refractivity contribution is 0.306. The minimum atomic E-state index is -0.512. The zero-order chi connectivity index (χ0) is 14.4. The number of rotatable bonds is 5. The predicted octanol–water partition coefficient (Wildman–Crippen LogP) is 2.78. The van der Waals surface area contributed by atoms with Gasteiger partial charge >= 0.3 is 0 Å². The maximum Gasteiger partial charge on any atom is 0.140 e. The first-order valence-electron chi connectivity index (χ1n) is 6.33. The maximum absolute atomic E-state index is 13.2. The van der Waals surface area contributed by atoms with Crippen LogP contribution in [-0.4, -0.2) is 6.54 Å². The predicted molar refractivity (Wildman–Crippen MR) is 74.6 cm³/mol. The lowest BCUT2D eigenvalue weighted by atomic mass is 10.1. The Bertz CT molecular complexity index is 617. The van der Waals surface area contributed by atoms with E-state index in [0.717, 1.165) is 23.3 Å². The van der Waals surface area contributed by atoms with Crippen molar-refractivity contribution < 1.29 is 9.13 Å². The van der Waals surface area contributed by atoms with Crippen LogP contribution in [0, 0.1) is 17.1 Å². The SMILES string of the molecule is N#Cc1cc(COc2ccc(CCN)cc2)ccc1F. The minimum Gasteiger partial charge on any atom is -0.489 e. The van der Waals surface area contributed by atoms with E-state index in [2.05, 4.69) is 0 Å². The van der Waals surface area contributed by atoms with Gasteiger partial charge in [0.2, 0.25) is 0 Å². The largest absolute Gasteiger partial charge is 0.489 e. The van der Waals surface area contributed by atoms with E-state index in [9.17, 15) is 4.39 Å². The molecule has 102 valence electrons. The molecule has 0 unspecified atom stereocenters. The molecule has 2 aromatic rings. The number of nitrogens with zero attached hydrogens (tertiary/aromatic N) is 1. The molecular weight excluding hydrogens is 255 g/mol. The number of nitrogens with two attached hydrogens (primary N) is 1. The summed E-state index contributed by atoms with van der Waals surface area (Å²) in [5.41, 5.74) is 7.44. The summed E-state index contributed by atoms with van der Waals surface area (Å²) in [7, 11) is 0. The van der Waals surface area contributed by atoms with E-state index in [1.54, 1.807) is 6.07 Å². The molecule has 2 N–H and O–H groups in total. The van der Waals surface area contributed by atoms with Gasteiger partial charge in [0.25, 0.3) is 0 Å². The van der Waals surface area contributed by atoms with Gasteiger partial charge in [-0.2, -0.15) is 5.26 Å². The van der Waals surface area contributed by atoms with Gasteiger partial charge in [-0.3, -0.25) is 0 Å². The Morgan fingerprint density at radius 3 is 2.45 bits per heavy atom. The molecule has 2 rings (SSSR count). The highest BCUT2D eigenvalue weighted by Crippen LogP contribution is 2.16. The number of benzene rings is 2. The summed E-state index contributed by atoms with van der Waals surface area (Å²) in [5.74, 6) is 0.219. The molecule has 0 atom stereocenters. The fourth-order valence-electron chi connectivity index (χ4n) is 1.83. The molecule has 4 heteroatoms. The van der Waals surface area contributed by atoms with Crippen molar-refractivity contribution in [3.63, 3.8) is 0 Å². The van der Waals surface area contributed by atoms with Crippen LogP contribution in [0.3, 0.4) is 0 Å². The van der Waals surface area contributed by atoms with Crippen molar-refractivity contribution in [3.05, 3.63) is 65.0 Å². The Hall–Kier alpha value is -2.38. The zero-order valence-corrected chi connectivity index (χ0v) is 11.0. The molecule has 3 nitrogen and oxygen atoms in total. The highest BCUT2D eigenvalue weighted by atomic mass is 19.1. The summed E-state index contributed by atoms with van der Waals surface area (Å²) in [4.78, 5) is 0. The van der Waals surface area contributed by atoms with E-state index in [-0.39, 0.29) is 5.56 Å². The molecule has 0 bridgehead atoms. The number of hydrogen-bond donors (Lipinski definition) is 1. The molecule has 0 saturated heterocycles. The number of hydrogen-bond acceptors (Lipinski definition) is 3. The Morgan fingerprint density at radius 1 is 1.10 bits per heavy atom. The molecule has 0 heterocycles. The fraction of sp³-hybridized carbons (Fsp3) is 0.188. The van der Waals surface area contributed by atoms with Crippen LogP contribution in [0.2, 0.25) is 0 Å². The molecule has 0 aliphatic rings. The van der Waals surface area contributed by atoms with Gasteiger partial charge < -0.3 is 10.5 Å². The Kier molecular flexibility index (Phi) is 4.70. The first kappa shape index (κ1) is 14.0. The first-order valence-corrected chi connectivity index (χ1v) is 6.33. The second kappa shape index (κ2) is 6.69. The van der Waals surface area contributed by atoms with Gasteiger partial charge in [-0.05, 0) is 48.4 Å². The molecule has 0 amide bonds. The summed E-state index contributed by atoms with van der Waals surface area (Å²) in [5, 5.41) is 8.77. The van der Waals surface area contributed by atoms with Gasteiger partial charge in [0.1, 0.15) is 24.2 Å². The lowest BCUT2D eigenvalue weighted by Gasteiger charge is -2.07. The van der Waals surface area contributed by atoms with E-state index in [1.165, 1.54) is 12.1 Å². The number of ether oxygens (including phenoxy) is 1. The van der Waals surface area contributed by atoms with Crippen LogP contribution < -0.4 is 10.5 Å². The normalized spacial score (nSPS) is 10.1. The summed E-state index contributed by atoms with van der Waals surface area (Å²) in [6.45, 7) is 0.915.